The number of halogens is 1. The van der Waals surface area contributed by atoms with Crippen molar-refractivity contribution in [3.05, 3.63) is 41.2 Å². The number of guanidine groups is 1. The number of hydrogen-bond donors (Lipinski definition) is 2. The molecule has 0 fully saturated rings. The monoisotopic (exact) mass is 335 g/mol. The van der Waals surface area contributed by atoms with Crippen molar-refractivity contribution in [2.75, 3.05) is 0 Å². The molecule has 0 saturated heterocycles. The van der Waals surface area contributed by atoms with E-state index in [0.29, 0.717) is 0 Å². The first kappa shape index (κ1) is 15.9. The van der Waals surface area contributed by atoms with Gasteiger partial charge in [-0.2, -0.15) is 5.10 Å². The van der Waals surface area contributed by atoms with Crippen LogP contribution in [0.25, 0.3) is 16.3 Å². The van der Waals surface area contributed by atoms with Gasteiger partial charge in [0, 0.05) is 17.3 Å². The molecule has 0 atom stereocenters. The standard InChI is InChI=1S/C13H13N7S.ClH/c1-8-7-20-10(6-17-19-12(14)15)11(18-13(20)21-8)9-4-2-3-5-16-9;/h2-7H,1H3,(H4,14,15,19);1H/b17-6+;. The number of pyridine rings is 1. The lowest BCUT2D eigenvalue weighted by Gasteiger charge is -1.97. The van der Waals surface area contributed by atoms with Gasteiger partial charge in [0.25, 0.3) is 0 Å². The number of fused-ring (bicyclic) bond motifs is 1. The van der Waals surface area contributed by atoms with E-state index in [1.807, 2.05) is 35.7 Å². The molecule has 7 nitrogen and oxygen atoms in total. The minimum Gasteiger partial charge on any atom is -0.369 e. The van der Waals surface area contributed by atoms with Crippen LogP contribution in [0, 0.1) is 6.92 Å². The van der Waals surface area contributed by atoms with Crippen molar-refractivity contribution in [3.63, 3.8) is 0 Å². The highest BCUT2D eigenvalue weighted by Crippen LogP contribution is 2.26. The fourth-order valence-electron chi connectivity index (χ4n) is 1.94. The van der Waals surface area contributed by atoms with Crippen molar-refractivity contribution in [2.24, 2.45) is 21.7 Å². The molecule has 9 heteroatoms. The number of rotatable bonds is 3. The minimum atomic E-state index is -0.0899. The lowest BCUT2D eigenvalue weighted by Crippen LogP contribution is -2.21. The van der Waals surface area contributed by atoms with Gasteiger partial charge < -0.3 is 11.5 Å². The number of imidazole rings is 1. The van der Waals surface area contributed by atoms with Crippen LogP contribution in [-0.4, -0.2) is 26.5 Å². The number of nitrogens with zero attached hydrogens (tertiary/aromatic N) is 5. The molecule has 3 heterocycles. The molecule has 0 amide bonds. The summed E-state index contributed by atoms with van der Waals surface area (Å²) in [6.07, 6.45) is 5.30. The fourth-order valence-corrected chi connectivity index (χ4v) is 2.77. The summed E-state index contributed by atoms with van der Waals surface area (Å²) in [6.45, 7) is 2.02. The molecule has 0 unspecified atom stereocenters. The van der Waals surface area contributed by atoms with E-state index in [1.165, 1.54) is 0 Å². The Bertz CT molecular complexity index is 831. The van der Waals surface area contributed by atoms with E-state index in [0.717, 1.165) is 26.9 Å². The maximum absolute atomic E-state index is 5.28. The molecule has 0 saturated carbocycles. The molecule has 0 spiro atoms. The lowest BCUT2D eigenvalue weighted by atomic mass is 10.2. The van der Waals surface area contributed by atoms with Crippen LogP contribution in [-0.2, 0) is 0 Å². The predicted molar refractivity (Wildman–Crippen MR) is 91.7 cm³/mol. The van der Waals surface area contributed by atoms with Gasteiger partial charge >= 0.3 is 0 Å². The van der Waals surface area contributed by atoms with Crippen molar-refractivity contribution in [1.29, 1.82) is 0 Å². The highest BCUT2D eigenvalue weighted by Gasteiger charge is 2.15. The topological polar surface area (TPSA) is 107 Å². The first-order valence-electron chi connectivity index (χ1n) is 6.17. The van der Waals surface area contributed by atoms with Gasteiger partial charge in [-0.15, -0.1) is 28.8 Å². The Morgan fingerprint density at radius 2 is 2.18 bits per heavy atom. The summed E-state index contributed by atoms with van der Waals surface area (Å²) in [5.74, 6) is -0.0899. The van der Waals surface area contributed by atoms with Crippen LogP contribution in [0.1, 0.15) is 10.6 Å². The third kappa shape index (κ3) is 3.07. The highest BCUT2D eigenvalue weighted by atomic mass is 35.5. The minimum absolute atomic E-state index is 0. The third-order valence-corrected chi connectivity index (χ3v) is 3.64. The van der Waals surface area contributed by atoms with E-state index in [4.69, 9.17) is 11.5 Å². The SMILES string of the molecule is Cc1cn2c(/C=N/N=C(N)N)c(-c3ccccn3)nc2s1.Cl. The maximum atomic E-state index is 5.28. The lowest BCUT2D eigenvalue weighted by molar-refractivity contribution is 1.17. The summed E-state index contributed by atoms with van der Waals surface area (Å²) in [4.78, 5) is 11.0. The first-order chi connectivity index (χ1) is 10.1. The van der Waals surface area contributed by atoms with Crippen LogP contribution in [0.3, 0.4) is 0 Å². The van der Waals surface area contributed by atoms with Crippen LogP contribution >= 0.6 is 23.7 Å². The second kappa shape index (κ2) is 6.54. The Balaban J connectivity index is 0.00000176. The number of nitrogens with two attached hydrogens (primary N) is 2. The Morgan fingerprint density at radius 3 is 2.86 bits per heavy atom. The van der Waals surface area contributed by atoms with Crippen LogP contribution in [0.15, 0.2) is 40.8 Å². The van der Waals surface area contributed by atoms with Gasteiger partial charge in [-0.3, -0.25) is 9.38 Å². The Kier molecular flexibility index (Phi) is 4.74. The van der Waals surface area contributed by atoms with Gasteiger partial charge in [-0.25, -0.2) is 4.98 Å². The first-order valence-corrected chi connectivity index (χ1v) is 6.98. The molecule has 0 aromatic carbocycles. The zero-order chi connectivity index (χ0) is 14.8. The van der Waals surface area contributed by atoms with Crippen molar-refractivity contribution in [3.8, 4) is 11.4 Å². The molecule has 0 aliphatic carbocycles. The zero-order valence-electron chi connectivity index (χ0n) is 11.7. The number of aryl methyl sites for hydroxylation is 1. The van der Waals surface area contributed by atoms with E-state index < -0.39 is 0 Å². The van der Waals surface area contributed by atoms with Crippen molar-refractivity contribution < 1.29 is 0 Å². The second-order valence-corrected chi connectivity index (χ2v) is 5.54. The van der Waals surface area contributed by atoms with Crippen molar-refractivity contribution >= 4 is 40.9 Å². The van der Waals surface area contributed by atoms with Crippen LogP contribution in [0.4, 0.5) is 0 Å². The summed E-state index contributed by atoms with van der Waals surface area (Å²) < 4.78 is 1.95. The number of hydrogen-bond acceptors (Lipinski definition) is 5. The quantitative estimate of drug-likeness (QED) is 0.432. The predicted octanol–water partition coefficient (Wildman–Crippen LogP) is 1.80. The second-order valence-electron chi connectivity index (χ2n) is 4.32. The van der Waals surface area contributed by atoms with Crippen molar-refractivity contribution in [1.82, 2.24) is 14.4 Å². The Hall–Kier alpha value is -2.45. The summed E-state index contributed by atoms with van der Waals surface area (Å²) in [7, 11) is 0. The van der Waals surface area contributed by atoms with Gasteiger partial charge in [-0.1, -0.05) is 6.07 Å². The van der Waals surface area contributed by atoms with Crippen LogP contribution in [0.2, 0.25) is 0 Å². The summed E-state index contributed by atoms with van der Waals surface area (Å²) >= 11 is 1.60. The van der Waals surface area contributed by atoms with E-state index in [9.17, 15) is 0 Å². The average molecular weight is 336 g/mol. The van der Waals surface area contributed by atoms with Crippen LogP contribution < -0.4 is 11.5 Å². The number of aromatic nitrogens is 3. The Morgan fingerprint density at radius 1 is 1.36 bits per heavy atom. The molecule has 3 aromatic heterocycles. The van der Waals surface area contributed by atoms with E-state index in [1.54, 1.807) is 23.7 Å². The third-order valence-electron chi connectivity index (χ3n) is 2.74. The maximum Gasteiger partial charge on any atom is 0.211 e. The summed E-state index contributed by atoms with van der Waals surface area (Å²) in [6, 6.07) is 5.68. The highest BCUT2D eigenvalue weighted by molar-refractivity contribution is 7.17. The molecule has 0 aliphatic rings. The van der Waals surface area contributed by atoms with Crippen molar-refractivity contribution in [2.45, 2.75) is 6.92 Å². The molecular formula is C13H14ClN7S. The largest absolute Gasteiger partial charge is 0.369 e. The molecular weight excluding hydrogens is 322 g/mol. The van der Waals surface area contributed by atoms with Gasteiger partial charge in [-0.05, 0) is 19.1 Å². The van der Waals surface area contributed by atoms with Gasteiger partial charge in [0.1, 0.15) is 5.69 Å². The molecule has 3 aromatic rings. The zero-order valence-corrected chi connectivity index (χ0v) is 13.3. The van der Waals surface area contributed by atoms with Gasteiger partial charge in [0.2, 0.25) is 5.96 Å². The van der Waals surface area contributed by atoms with Gasteiger partial charge in [0.15, 0.2) is 4.96 Å². The molecule has 0 aliphatic heterocycles. The smallest absolute Gasteiger partial charge is 0.211 e. The summed E-state index contributed by atoms with van der Waals surface area (Å²) in [5.41, 5.74) is 12.9. The molecule has 22 heavy (non-hydrogen) atoms. The average Bonchev–Trinajstić information content (AvgIpc) is 2.97. The Labute approximate surface area is 136 Å². The van der Waals surface area contributed by atoms with Gasteiger partial charge in [0.05, 0.1) is 17.6 Å². The fraction of sp³-hybridized carbons (Fsp3) is 0.0769. The van der Waals surface area contributed by atoms with E-state index in [2.05, 4.69) is 20.2 Å². The molecule has 0 bridgehead atoms. The number of thiazole rings is 1. The molecule has 0 radical (unpaired) electrons. The molecule has 114 valence electrons. The normalized spacial score (nSPS) is 10.8. The van der Waals surface area contributed by atoms with E-state index >= 15 is 0 Å². The van der Waals surface area contributed by atoms with E-state index in [-0.39, 0.29) is 18.4 Å². The molecule has 4 N–H and O–H groups in total. The summed E-state index contributed by atoms with van der Waals surface area (Å²) in [5, 5.41) is 7.52. The molecule has 3 rings (SSSR count). The van der Waals surface area contributed by atoms with Crippen LogP contribution in [0.5, 0.6) is 0 Å².